The first-order valence-corrected chi connectivity index (χ1v) is 6.61. The van der Waals surface area contributed by atoms with Crippen LogP contribution in [0.5, 0.6) is 0 Å². The van der Waals surface area contributed by atoms with Gasteiger partial charge < -0.3 is 5.73 Å². The number of halogens is 2. The third kappa shape index (κ3) is 2.98. The molecule has 0 saturated carbocycles. The molecule has 1 aromatic carbocycles. The number of hydrogen-bond acceptors (Lipinski definition) is 2. The van der Waals surface area contributed by atoms with E-state index in [1.54, 1.807) is 12.1 Å². The minimum absolute atomic E-state index is 0.00120. The van der Waals surface area contributed by atoms with Crippen LogP contribution >= 0.6 is 15.9 Å². The minimum atomic E-state index is -0.668. The molecule has 1 rings (SSSR count). The van der Waals surface area contributed by atoms with Gasteiger partial charge in [0.15, 0.2) is 0 Å². The molecule has 0 heterocycles. The topological polar surface area (TPSA) is 43.1 Å². The van der Waals surface area contributed by atoms with Gasteiger partial charge in [0.25, 0.3) is 0 Å². The number of benzene rings is 1. The maximum absolute atomic E-state index is 13.4. The average Bonchev–Trinajstić information content (AvgIpc) is 2.23. The summed E-state index contributed by atoms with van der Waals surface area (Å²) in [7, 11) is 0. The van der Waals surface area contributed by atoms with Crippen LogP contribution < -0.4 is 5.73 Å². The van der Waals surface area contributed by atoms with Gasteiger partial charge in [0, 0.05) is 17.4 Å². The number of nitrogens with two attached hydrogens (primary N) is 1. The summed E-state index contributed by atoms with van der Waals surface area (Å²) in [4.78, 5) is 12.3. The van der Waals surface area contributed by atoms with E-state index in [2.05, 4.69) is 15.9 Å². The van der Waals surface area contributed by atoms with E-state index in [0.717, 1.165) is 0 Å². The second kappa shape index (κ2) is 5.10. The van der Waals surface area contributed by atoms with Gasteiger partial charge in [0.2, 0.25) is 0 Å². The molecule has 4 heteroatoms. The van der Waals surface area contributed by atoms with Gasteiger partial charge in [-0.25, -0.2) is 4.39 Å². The first kappa shape index (κ1) is 15.3. The third-order valence-corrected chi connectivity index (χ3v) is 4.58. The lowest BCUT2D eigenvalue weighted by molar-refractivity contribution is -0.129. The summed E-state index contributed by atoms with van der Waals surface area (Å²) < 4.78 is 13.7. The summed E-state index contributed by atoms with van der Waals surface area (Å²) in [6.45, 7) is 7.29. The first-order chi connectivity index (χ1) is 8.07. The van der Waals surface area contributed by atoms with Crippen LogP contribution in [-0.4, -0.2) is 11.3 Å². The van der Waals surface area contributed by atoms with E-state index in [1.165, 1.54) is 6.07 Å². The Labute approximate surface area is 116 Å². The van der Waals surface area contributed by atoms with Crippen LogP contribution in [0.4, 0.5) is 4.39 Å². The van der Waals surface area contributed by atoms with Crippen molar-refractivity contribution in [1.82, 2.24) is 0 Å². The largest absolute Gasteiger partial charge is 0.325 e. The van der Waals surface area contributed by atoms with Crippen LogP contribution in [0.15, 0.2) is 22.7 Å². The predicted octanol–water partition coefficient (Wildman–Crippen LogP) is 3.46. The Morgan fingerprint density at radius 2 is 1.89 bits per heavy atom. The van der Waals surface area contributed by atoms with Gasteiger partial charge in [-0.15, -0.1) is 0 Å². The lowest BCUT2D eigenvalue weighted by atomic mass is 9.71. The normalized spacial score (nSPS) is 12.6. The van der Waals surface area contributed by atoms with Crippen LogP contribution in [0.25, 0.3) is 0 Å². The molecule has 18 heavy (non-hydrogen) atoms. The van der Waals surface area contributed by atoms with Crippen molar-refractivity contribution in [1.29, 1.82) is 0 Å². The number of hydrogen-bond donors (Lipinski definition) is 1. The molecule has 0 unspecified atom stereocenters. The van der Waals surface area contributed by atoms with E-state index < -0.39 is 11.0 Å². The Balaban J connectivity index is 2.99. The molecule has 2 nitrogen and oxygen atoms in total. The highest BCUT2D eigenvalue weighted by atomic mass is 79.9. The van der Waals surface area contributed by atoms with Gasteiger partial charge in [-0.3, -0.25) is 4.79 Å². The quantitative estimate of drug-likeness (QED) is 0.924. The maximum atomic E-state index is 13.4. The SMILES string of the molecule is CC(C)(N)C(C)(C)C(=O)Cc1cccc(F)c1Br. The molecule has 0 amide bonds. The third-order valence-electron chi connectivity index (χ3n) is 3.69. The zero-order valence-electron chi connectivity index (χ0n) is 11.2. The summed E-state index contributed by atoms with van der Waals surface area (Å²) in [5.41, 5.74) is 5.39. The molecule has 1 aromatic rings. The van der Waals surface area contributed by atoms with Gasteiger partial charge in [-0.2, -0.15) is 0 Å². The van der Waals surface area contributed by atoms with Crippen molar-refractivity contribution in [3.05, 3.63) is 34.1 Å². The van der Waals surface area contributed by atoms with Crippen LogP contribution in [0, 0.1) is 11.2 Å². The van der Waals surface area contributed by atoms with E-state index in [9.17, 15) is 9.18 Å². The summed E-state index contributed by atoms with van der Waals surface area (Å²) in [5, 5.41) is 0. The molecule has 2 N–H and O–H groups in total. The molecular weight excluding hydrogens is 297 g/mol. The van der Waals surface area contributed by atoms with Crippen LogP contribution in [0.2, 0.25) is 0 Å². The Bertz CT molecular complexity index is 463. The molecular formula is C14H19BrFNO. The van der Waals surface area contributed by atoms with Crippen molar-refractivity contribution in [2.75, 3.05) is 0 Å². The van der Waals surface area contributed by atoms with E-state index in [0.29, 0.717) is 10.0 Å². The predicted molar refractivity (Wildman–Crippen MR) is 74.9 cm³/mol. The minimum Gasteiger partial charge on any atom is -0.325 e. The van der Waals surface area contributed by atoms with E-state index in [1.807, 2.05) is 27.7 Å². The summed E-state index contributed by atoms with van der Waals surface area (Å²) in [6.07, 6.45) is 0.173. The summed E-state index contributed by atoms with van der Waals surface area (Å²) in [5.74, 6) is -0.355. The fourth-order valence-electron chi connectivity index (χ4n) is 1.44. The number of carbonyl (C=O) groups excluding carboxylic acids is 1. The van der Waals surface area contributed by atoms with Gasteiger partial charge in [-0.05, 0) is 41.4 Å². The lowest BCUT2D eigenvalue weighted by Gasteiger charge is -2.37. The highest BCUT2D eigenvalue weighted by Crippen LogP contribution is 2.32. The molecule has 0 spiro atoms. The Morgan fingerprint density at radius 1 is 1.33 bits per heavy atom. The van der Waals surface area contributed by atoms with Crippen molar-refractivity contribution in [3.8, 4) is 0 Å². The highest BCUT2D eigenvalue weighted by Gasteiger charge is 2.39. The Kier molecular flexibility index (Phi) is 4.34. The van der Waals surface area contributed by atoms with Crippen molar-refractivity contribution in [2.45, 2.75) is 39.7 Å². The Hall–Kier alpha value is -0.740. The molecule has 0 radical (unpaired) electrons. The molecule has 0 aliphatic rings. The van der Waals surface area contributed by atoms with Crippen molar-refractivity contribution in [3.63, 3.8) is 0 Å². The maximum Gasteiger partial charge on any atom is 0.144 e. The molecule has 0 bridgehead atoms. The Morgan fingerprint density at radius 3 is 2.39 bits per heavy atom. The van der Waals surface area contributed by atoms with Crippen molar-refractivity contribution >= 4 is 21.7 Å². The van der Waals surface area contributed by atoms with Crippen LogP contribution in [-0.2, 0) is 11.2 Å². The standard InChI is InChI=1S/C14H19BrFNO/c1-13(2,14(3,4)17)11(18)8-9-6-5-7-10(16)12(9)15/h5-7H,8,17H2,1-4H3. The number of carbonyl (C=O) groups is 1. The number of Topliss-reactive ketones (excluding diaryl/α,β-unsaturated/α-hetero) is 1. The molecule has 0 aromatic heterocycles. The number of rotatable bonds is 4. The summed E-state index contributed by atoms with van der Waals surface area (Å²) in [6, 6.07) is 4.70. The molecule has 0 saturated heterocycles. The van der Waals surface area contributed by atoms with Crippen LogP contribution in [0.3, 0.4) is 0 Å². The van der Waals surface area contributed by atoms with Crippen molar-refractivity contribution < 1.29 is 9.18 Å². The molecule has 0 atom stereocenters. The molecule has 100 valence electrons. The van der Waals surface area contributed by atoms with E-state index >= 15 is 0 Å². The fourth-order valence-corrected chi connectivity index (χ4v) is 1.84. The van der Waals surface area contributed by atoms with Gasteiger partial charge in [0.05, 0.1) is 4.47 Å². The van der Waals surface area contributed by atoms with Gasteiger partial charge >= 0.3 is 0 Å². The fraction of sp³-hybridized carbons (Fsp3) is 0.500. The zero-order valence-corrected chi connectivity index (χ0v) is 12.8. The van der Waals surface area contributed by atoms with Crippen LogP contribution in [0.1, 0.15) is 33.3 Å². The second-order valence-electron chi connectivity index (χ2n) is 5.66. The monoisotopic (exact) mass is 315 g/mol. The molecule has 0 aliphatic heterocycles. The lowest BCUT2D eigenvalue weighted by Crippen LogP contribution is -2.52. The molecule has 0 aliphatic carbocycles. The highest BCUT2D eigenvalue weighted by molar-refractivity contribution is 9.10. The van der Waals surface area contributed by atoms with E-state index in [4.69, 9.17) is 5.73 Å². The van der Waals surface area contributed by atoms with Gasteiger partial charge in [0.1, 0.15) is 11.6 Å². The summed E-state index contributed by atoms with van der Waals surface area (Å²) >= 11 is 3.17. The first-order valence-electron chi connectivity index (χ1n) is 5.82. The van der Waals surface area contributed by atoms with Gasteiger partial charge in [-0.1, -0.05) is 26.0 Å². The zero-order chi connectivity index (χ0) is 14.1. The molecule has 0 fully saturated rings. The smallest absolute Gasteiger partial charge is 0.144 e. The van der Waals surface area contributed by atoms with Crippen molar-refractivity contribution in [2.24, 2.45) is 11.1 Å². The van der Waals surface area contributed by atoms with E-state index in [-0.39, 0.29) is 18.0 Å². The second-order valence-corrected chi connectivity index (χ2v) is 6.45. The average molecular weight is 316 g/mol. The number of ketones is 1.